The summed E-state index contributed by atoms with van der Waals surface area (Å²) >= 11 is 0. The summed E-state index contributed by atoms with van der Waals surface area (Å²) in [6, 6.07) is 6.58. The van der Waals surface area contributed by atoms with Gasteiger partial charge >= 0.3 is 5.97 Å². The van der Waals surface area contributed by atoms with E-state index in [0.29, 0.717) is 5.56 Å². The van der Waals surface area contributed by atoms with Crippen LogP contribution >= 0.6 is 0 Å². The number of carbonyl (C=O) groups is 1. The van der Waals surface area contributed by atoms with Gasteiger partial charge in [0.05, 0.1) is 5.56 Å². The summed E-state index contributed by atoms with van der Waals surface area (Å²) in [5, 5.41) is 22.5. The summed E-state index contributed by atoms with van der Waals surface area (Å²) in [4.78, 5) is 10.8. The molecular formula is C14H15NO4. The van der Waals surface area contributed by atoms with E-state index in [1.54, 1.807) is 12.1 Å². The van der Waals surface area contributed by atoms with Crippen LogP contribution < -0.4 is 0 Å². The molecule has 5 heteroatoms. The maximum absolute atomic E-state index is 10.8. The van der Waals surface area contributed by atoms with Gasteiger partial charge < -0.3 is 14.7 Å². The Kier molecular flexibility index (Phi) is 3.06. The zero-order valence-corrected chi connectivity index (χ0v) is 11.0. The Hall–Kier alpha value is -2.30. The van der Waals surface area contributed by atoms with Crippen molar-refractivity contribution in [1.82, 2.24) is 5.16 Å². The molecule has 100 valence electrons. The van der Waals surface area contributed by atoms with Gasteiger partial charge in [-0.1, -0.05) is 38.1 Å². The van der Waals surface area contributed by atoms with Gasteiger partial charge in [0.15, 0.2) is 11.5 Å². The van der Waals surface area contributed by atoms with Crippen molar-refractivity contribution in [2.24, 2.45) is 0 Å². The first kappa shape index (κ1) is 13.1. The monoisotopic (exact) mass is 261 g/mol. The molecule has 1 heterocycles. The van der Waals surface area contributed by atoms with Crippen LogP contribution in [0.5, 0.6) is 5.75 Å². The second kappa shape index (κ2) is 4.42. The van der Waals surface area contributed by atoms with Gasteiger partial charge in [0.25, 0.3) is 0 Å². The van der Waals surface area contributed by atoms with Gasteiger partial charge in [0, 0.05) is 6.07 Å². The summed E-state index contributed by atoms with van der Waals surface area (Å²) in [5.74, 6) is -0.842. The zero-order chi connectivity index (χ0) is 14.2. The van der Waals surface area contributed by atoms with Crippen molar-refractivity contribution in [2.45, 2.75) is 26.2 Å². The molecule has 0 radical (unpaired) electrons. The topological polar surface area (TPSA) is 83.6 Å². The van der Waals surface area contributed by atoms with Gasteiger partial charge in [0.2, 0.25) is 0 Å². The van der Waals surface area contributed by atoms with Crippen LogP contribution in [0.2, 0.25) is 0 Å². The Balaban J connectivity index is 2.54. The van der Waals surface area contributed by atoms with Crippen molar-refractivity contribution in [3.8, 4) is 17.1 Å². The minimum absolute atomic E-state index is 0.0862. The molecule has 0 aliphatic heterocycles. The number of benzene rings is 1. The molecule has 1 aromatic carbocycles. The molecule has 0 spiro atoms. The molecule has 0 aliphatic rings. The molecule has 0 aliphatic carbocycles. The Labute approximate surface area is 110 Å². The van der Waals surface area contributed by atoms with E-state index >= 15 is 0 Å². The fourth-order valence-electron chi connectivity index (χ4n) is 1.85. The highest BCUT2D eigenvalue weighted by atomic mass is 16.5. The van der Waals surface area contributed by atoms with Gasteiger partial charge in [0.1, 0.15) is 5.75 Å². The van der Waals surface area contributed by atoms with Crippen molar-refractivity contribution >= 4 is 5.97 Å². The third-order valence-corrected chi connectivity index (χ3v) is 2.84. The first-order chi connectivity index (χ1) is 8.80. The standard InChI is InChI=1S/C14H15NO4/c1-14(2,3)9-6-4-5-8(12(9)16)11-7-10(13(17)18)15-19-11/h4-7,16H,1-3H3,(H,17,18). The molecular weight excluding hydrogens is 246 g/mol. The van der Waals surface area contributed by atoms with Crippen molar-refractivity contribution in [3.05, 3.63) is 35.5 Å². The summed E-state index contributed by atoms with van der Waals surface area (Å²) in [6.45, 7) is 5.94. The average molecular weight is 261 g/mol. The third-order valence-electron chi connectivity index (χ3n) is 2.84. The molecule has 1 aromatic heterocycles. The van der Waals surface area contributed by atoms with Crippen molar-refractivity contribution < 1.29 is 19.5 Å². The van der Waals surface area contributed by atoms with Crippen molar-refractivity contribution in [3.63, 3.8) is 0 Å². The normalized spacial score (nSPS) is 11.5. The maximum Gasteiger partial charge on any atom is 0.358 e. The molecule has 5 nitrogen and oxygen atoms in total. The number of aromatic nitrogens is 1. The number of para-hydroxylation sites is 1. The molecule has 2 rings (SSSR count). The quantitative estimate of drug-likeness (QED) is 0.868. The number of hydrogen-bond donors (Lipinski definition) is 2. The molecule has 0 unspecified atom stereocenters. The van der Waals surface area contributed by atoms with Gasteiger partial charge in [-0.05, 0) is 17.0 Å². The Morgan fingerprint density at radius 1 is 1.32 bits per heavy atom. The van der Waals surface area contributed by atoms with Gasteiger partial charge in [-0.2, -0.15) is 0 Å². The smallest absolute Gasteiger partial charge is 0.358 e. The van der Waals surface area contributed by atoms with E-state index in [0.717, 1.165) is 5.56 Å². The maximum atomic E-state index is 10.8. The Morgan fingerprint density at radius 3 is 2.53 bits per heavy atom. The van der Waals surface area contributed by atoms with Crippen LogP contribution in [0.1, 0.15) is 36.8 Å². The van der Waals surface area contributed by atoms with E-state index in [1.165, 1.54) is 6.07 Å². The Bertz CT molecular complexity index is 623. The SMILES string of the molecule is CC(C)(C)c1cccc(-c2cc(C(=O)O)no2)c1O. The fourth-order valence-corrected chi connectivity index (χ4v) is 1.85. The number of rotatable bonds is 2. The number of aromatic carboxylic acids is 1. The highest BCUT2D eigenvalue weighted by molar-refractivity contribution is 5.86. The number of carboxylic acid groups (broad SMARTS) is 1. The first-order valence-electron chi connectivity index (χ1n) is 5.83. The van der Waals surface area contributed by atoms with E-state index in [9.17, 15) is 9.90 Å². The number of hydrogen-bond acceptors (Lipinski definition) is 4. The van der Waals surface area contributed by atoms with E-state index in [-0.39, 0.29) is 22.6 Å². The lowest BCUT2D eigenvalue weighted by Crippen LogP contribution is -2.11. The molecule has 0 fully saturated rings. The molecule has 2 aromatic rings. The molecule has 0 atom stereocenters. The van der Waals surface area contributed by atoms with Gasteiger partial charge in [-0.3, -0.25) is 0 Å². The highest BCUT2D eigenvalue weighted by Gasteiger charge is 2.22. The predicted octanol–water partition coefficient (Wildman–Crippen LogP) is 3.04. The number of phenols is 1. The lowest BCUT2D eigenvalue weighted by Gasteiger charge is -2.21. The largest absolute Gasteiger partial charge is 0.507 e. The van der Waals surface area contributed by atoms with Crippen LogP contribution in [0.25, 0.3) is 11.3 Å². The van der Waals surface area contributed by atoms with Crippen LogP contribution in [0.3, 0.4) is 0 Å². The summed E-state index contributed by atoms with van der Waals surface area (Å²) in [7, 11) is 0. The minimum atomic E-state index is -1.17. The molecule has 2 N–H and O–H groups in total. The van der Waals surface area contributed by atoms with E-state index in [1.807, 2.05) is 26.8 Å². The van der Waals surface area contributed by atoms with Crippen LogP contribution in [0.15, 0.2) is 28.8 Å². The lowest BCUT2D eigenvalue weighted by atomic mass is 9.85. The third kappa shape index (κ3) is 2.45. The van der Waals surface area contributed by atoms with Crippen molar-refractivity contribution in [2.75, 3.05) is 0 Å². The Morgan fingerprint density at radius 2 is 2.00 bits per heavy atom. The highest BCUT2D eigenvalue weighted by Crippen LogP contribution is 2.38. The van der Waals surface area contributed by atoms with Crippen LogP contribution in [-0.2, 0) is 5.41 Å². The summed E-state index contributed by atoms with van der Waals surface area (Å²) < 4.78 is 4.97. The number of aromatic hydroxyl groups is 1. The predicted molar refractivity (Wildman–Crippen MR) is 69.3 cm³/mol. The fraction of sp³-hybridized carbons (Fsp3) is 0.286. The van der Waals surface area contributed by atoms with Gasteiger partial charge in [-0.15, -0.1) is 0 Å². The summed E-state index contributed by atoms with van der Waals surface area (Å²) in [5.41, 5.74) is 0.789. The zero-order valence-electron chi connectivity index (χ0n) is 11.0. The van der Waals surface area contributed by atoms with E-state index in [2.05, 4.69) is 5.16 Å². The number of nitrogens with zero attached hydrogens (tertiary/aromatic N) is 1. The van der Waals surface area contributed by atoms with Gasteiger partial charge in [-0.25, -0.2) is 4.79 Å². The number of phenolic OH excluding ortho intramolecular Hbond substituents is 1. The lowest BCUT2D eigenvalue weighted by molar-refractivity contribution is 0.0686. The molecule has 0 bridgehead atoms. The molecule has 0 saturated carbocycles. The average Bonchev–Trinajstić information content (AvgIpc) is 2.77. The van der Waals surface area contributed by atoms with Crippen LogP contribution in [0.4, 0.5) is 0 Å². The van der Waals surface area contributed by atoms with E-state index < -0.39 is 5.97 Å². The van der Waals surface area contributed by atoms with Crippen LogP contribution in [-0.4, -0.2) is 21.3 Å². The minimum Gasteiger partial charge on any atom is -0.507 e. The van der Waals surface area contributed by atoms with Crippen molar-refractivity contribution in [1.29, 1.82) is 0 Å². The second-order valence-corrected chi connectivity index (χ2v) is 5.33. The second-order valence-electron chi connectivity index (χ2n) is 5.33. The molecule has 0 saturated heterocycles. The molecule has 19 heavy (non-hydrogen) atoms. The first-order valence-corrected chi connectivity index (χ1v) is 5.83. The molecule has 0 amide bonds. The summed E-state index contributed by atoms with van der Waals surface area (Å²) in [6.07, 6.45) is 0. The van der Waals surface area contributed by atoms with Crippen LogP contribution in [0, 0.1) is 0 Å². The number of carboxylic acids is 1. The van der Waals surface area contributed by atoms with E-state index in [4.69, 9.17) is 9.63 Å².